The van der Waals surface area contributed by atoms with Crippen molar-refractivity contribution >= 4 is 27.4 Å². The summed E-state index contributed by atoms with van der Waals surface area (Å²) in [5, 5.41) is 0.277. The first-order valence-electron chi connectivity index (χ1n) is 6.45. The summed E-state index contributed by atoms with van der Waals surface area (Å²) in [5.74, 6) is 0. The Balaban J connectivity index is 2.04. The van der Waals surface area contributed by atoms with Gasteiger partial charge in [0, 0.05) is 26.2 Å². The van der Waals surface area contributed by atoms with Gasteiger partial charge in [0.15, 0.2) is 5.11 Å². The Hall–Kier alpha value is -1.18. The maximum Gasteiger partial charge on any atom is 0.263 e. The van der Waals surface area contributed by atoms with Gasteiger partial charge >= 0.3 is 0 Å². The standard InChI is InChI=1S/C13H19N3O2S2/c1-11-3-5-12(6-4-11)20(17,18)14-13(19)16-9-7-15(2)8-10-16/h3-6H,7-10H2,1-2H3,(H,14,19). The summed E-state index contributed by atoms with van der Waals surface area (Å²) in [6.45, 7) is 5.16. The topological polar surface area (TPSA) is 52.7 Å². The molecule has 0 saturated carbocycles. The van der Waals surface area contributed by atoms with Crippen LogP contribution in [0.5, 0.6) is 0 Å². The molecule has 20 heavy (non-hydrogen) atoms. The molecule has 0 spiro atoms. The van der Waals surface area contributed by atoms with Crippen molar-refractivity contribution in [3.05, 3.63) is 29.8 Å². The molecule has 1 aromatic carbocycles. The average molecular weight is 313 g/mol. The summed E-state index contributed by atoms with van der Waals surface area (Å²) in [7, 11) is -1.55. The minimum absolute atomic E-state index is 0.236. The van der Waals surface area contributed by atoms with Gasteiger partial charge in [-0.15, -0.1) is 0 Å². The van der Waals surface area contributed by atoms with E-state index >= 15 is 0 Å². The van der Waals surface area contributed by atoms with Crippen molar-refractivity contribution in [2.45, 2.75) is 11.8 Å². The quantitative estimate of drug-likeness (QED) is 0.819. The lowest BCUT2D eigenvalue weighted by molar-refractivity contribution is 0.215. The van der Waals surface area contributed by atoms with Gasteiger partial charge in [0.25, 0.3) is 10.0 Å². The summed E-state index contributed by atoms with van der Waals surface area (Å²) in [6.07, 6.45) is 0. The van der Waals surface area contributed by atoms with Crippen LogP contribution < -0.4 is 4.72 Å². The molecular formula is C13H19N3O2S2. The van der Waals surface area contributed by atoms with Crippen molar-refractivity contribution in [3.8, 4) is 0 Å². The van der Waals surface area contributed by atoms with Gasteiger partial charge < -0.3 is 9.80 Å². The Morgan fingerprint density at radius 2 is 1.70 bits per heavy atom. The summed E-state index contributed by atoms with van der Waals surface area (Å²) in [4.78, 5) is 4.31. The van der Waals surface area contributed by atoms with E-state index in [0.29, 0.717) is 0 Å². The third-order valence-electron chi connectivity index (χ3n) is 3.34. The maximum absolute atomic E-state index is 12.2. The number of thiocarbonyl (C=S) groups is 1. The van der Waals surface area contributed by atoms with Crippen molar-refractivity contribution in [2.24, 2.45) is 0 Å². The number of benzene rings is 1. The highest BCUT2D eigenvalue weighted by molar-refractivity contribution is 7.91. The second-order valence-corrected chi connectivity index (χ2v) is 7.08. The van der Waals surface area contributed by atoms with E-state index in [0.717, 1.165) is 31.7 Å². The predicted octanol–water partition coefficient (Wildman–Crippen LogP) is 0.806. The molecule has 1 aliphatic heterocycles. The first-order chi connectivity index (χ1) is 9.38. The SMILES string of the molecule is Cc1ccc(S(=O)(=O)NC(=S)N2CCN(C)CC2)cc1. The Labute approximate surface area is 125 Å². The van der Waals surface area contributed by atoms with Crippen LogP contribution in [0, 0.1) is 6.92 Å². The zero-order chi connectivity index (χ0) is 14.8. The fourth-order valence-corrected chi connectivity index (χ4v) is 3.45. The van der Waals surface area contributed by atoms with Crippen molar-refractivity contribution in [3.63, 3.8) is 0 Å². The van der Waals surface area contributed by atoms with Gasteiger partial charge in [0.2, 0.25) is 0 Å². The molecule has 1 aromatic rings. The molecule has 1 heterocycles. The van der Waals surface area contributed by atoms with E-state index < -0.39 is 10.0 Å². The van der Waals surface area contributed by atoms with E-state index in [-0.39, 0.29) is 10.0 Å². The van der Waals surface area contributed by atoms with Crippen molar-refractivity contribution in [1.82, 2.24) is 14.5 Å². The van der Waals surface area contributed by atoms with E-state index in [2.05, 4.69) is 9.62 Å². The lowest BCUT2D eigenvalue weighted by atomic mass is 10.2. The molecular weight excluding hydrogens is 294 g/mol. The molecule has 0 amide bonds. The molecule has 110 valence electrons. The highest BCUT2D eigenvalue weighted by atomic mass is 32.2. The summed E-state index contributed by atoms with van der Waals surface area (Å²) < 4.78 is 26.9. The number of nitrogens with zero attached hydrogens (tertiary/aromatic N) is 2. The van der Waals surface area contributed by atoms with E-state index in [1.54, 1.807) is 24.3 Å². The van der Waals surface area contributed by atoms with Crippen molar-refractivity contribution in [1.29, 1.82) is 0 Å². The van der Waals surface area contributed by atoms with Gasteiger partial charge in [-0.2, -0.15) is 0 Å². The van der Waals surface area contributed by atoms with E-state index in [1.165, 1.54) is 0 Å². The Morgan fingerprint density at radius 1 is 1.15 bits per heavy atom. The van der Waals surface area contributed by atoms with Crippen LogP contribution in [0.15, 0.2) is 29.2 Å². The number of piperazine rings is 1. The average Bonchev–Trinajstić information content (AvgIpc) is 2.39. The van der Waals surface area contributed by atoms with Crippen LogP contribution >= 0.6 is 12.2 Å². The second-order valence-electron chi connectivity index (χ2n) is 5.01. The number of sulfonamides is 1. The summed E-state index contributed by atoms with van der Waals surface area (Å²) >= 11 is 5.20. The lowest BCUT2D eigenvalue weighted by Crippen LogP contribution is -2.51. The molecule has 0 aromatic heterocycles. The molecule has 0 aliphatic carbocycles. The lowest BCUT2D eigenvalue weighted by Gasteiger charge is -2.33. The van der Waals surface area contributed by atoms with Gasteiger partial charge in [-0.25, -0.2) is 8.42 Å². The third kappa shape index (κ3) is 3.68. The Kier molecular flexibility index (Phi) is 4.62. The molecule has 7 heteroatoms. The highest BCUT2D eigenvalue weighted by Gasteiger charge is 2.21. The first kappa shape index (κ1) is 15.2. The highest BCUT2D eigenvalue weighted by Crippen LogP contribution is 2.10. The van der Waals surface area contributed by atoms with Crippen LogP contribution in [0.3, 0.4) is 0 Å². The van der Waals surface area contributed by atoms with Crippen LogP contribution in [-0.2, 0) is 10.0 Å². The van der Waals surface area contributed by atoms with Crippen molar-refractivity contribution < 1.29 is 8.42 Å². The Bertz CT molecular complexity index is 576. The molecule has 0 radical (unpaired) electrons. The molecule has 5 nitrogen and oxygen atoms in total. The second kappa shape index (κ2) is 6.07. The fourth-order valence-electron chi connectivity index (χ4n) is 1.97. The predicted molar refractivity (Wildman–Crippen MR) is 83.2 cm³/mol. The summed E-state index contributed by atoms with van der Waals surface area (Å²) in [5.41, 5.74) is 1.02. The number of nitrogens with one attached hydrogen (secondary N) is 1. The largest absolute Gasteiger partial charge is 0.346 e. The third-order valence-corrected chi connectivity index (χ3v) is 5.19. The van der Waals surface area contributed by atoms with Crippen LogP contribution in [0.25, 0.3) is 0 Å². The molecule has 0 atom stereocenters. The van der Waals surface area contributed by atoms with Crippen LogP contribution in [-0.4, -0.2) is 56.6 Å². The Morgan fingerprint density at radius 3 is 2.25 bits per heavy atom. The molecule has 1 N–H and O–H groups in total. The van der Waals surface area contributed by atoms with Gasteiger partial charge in [-0.05, 0) is 38.3 Å². The van der Waals surface area contributed by atoms with Gasteiger partial charge in [-0.3, -0.25) is 4.72 Å². The first-order valence-corrected chi connectivity index (χ1v) is 8.34. The van der Waals surface area contributed by atoms with E-state index in [1.807, 2.05) is 18.9 Å². The minimum atomic E-state index is -3.59. The number of hydrogen-bond acceptors (Lipinski definition) is 4. The molecule has 1 fully saturated rings. The van der Waals surface area contributed by atoms with Crippen LogP contribution in [0.4, 0.5) is 0 Å². The van der Waals surface area contributed by atoms with Gasteiger partial charge in [0.1, 0.15) is 0 Å². The number of aryl methyl sites for hydroxylation is 1. The number of likely N-dealkylation sites (N-methyl/N-ethyl adjacent to an activating group) is 1. The van der Waals surface area contributed by atoms with Crippen LogP contribution in [0.2, 0.25) is 0 Å². The minimum Gasteiger partial charge on any atom is -0.346 e. The maximum atomic E-state index is 12.2. The zero-order valence-corrected chi connectivity index (χ0v) is 13.3. The van der Waals surface area contributed by atoms with Gasteiger partial charge in [-0.1, -0.05) is 17.7 Å². The smallest absolute Gasteiger partial charge is 0.263 e. The summed E-state index contributed by atoms with van der Waals surface area (Å²) in [6, 6.07) is 6.72. The van der Waals surface area contributed by atoms with E-state index in [9.17, 15) is 8.42 Å². The van der Waals surface area contributed by atoms with Crippen molar-refractivity contribution in [2.75, 3.05) is 33.2 Å². The molecule has 2 rings (SSSR count). The molecule has 0 unspecified atom stereocenters. The van der Waals surface area contributed by atoms with Gasteiger partial charge in [0.05, 0.1) is 4.90 Å². The molecule has 0 bridgehead atoms. The molecule has 1 saturated heterocycles. The van der Waals surface area contributed by atoms with Crippen LogP contribution in [0.1, 0.15) is 5.56 Å². The number of rotatable bonds is 2. The number of hydrogen-bond donors (Lipinski definition) is 1. The zero-order valence-electron chi connectivity index (χ0n) is 11.7. The normalized spacial score (nSPS) is 17.0. The molecule has 1 aliphatic rings. The monoisotopic (exact) mass is 313 g/mol. The fraction of sp³-hybridized carbons (Fsp3) is 0.462. The van der Waals surface area contributed by atoms with E-state index in [4.69, 9.17) is 12.2 Å².